The molecule has 2 fully saturated rings. The van der Waals surface area contributed by atoms with Crippen LogP contribution in [0.1, 0.15) is 146 Å². The van der Waals surface area contributed by atoms with Gasteiger partial charge < -0.3 is 26.0 Å². The van der Waals surface area contributed by atoms with Gasteiger partial charge in [-0.2, -0.15) is 0 Å². The molecule has 2 saturated carbocycles. The van der Waals surface area contributed by atoms with Crippen LogP contribution in [-0.4, -0.2) is 59.4 Å². The van der Waals surface area contributed by atoms with Crippen molar-refractivity contribution in [3.8, 4) is 11.5 Å². The lowest BCUT2D eigenvalue weighted by molar-refractivity contribution is -0.129. The molecule has 0 heterocycles. The molecular formula is C68H78N4O7. The molecular weight excluding hydrogens is 985 g/mol. The smallest absolute Gasteiger partial charge is 0.292 e. The highest BCUT2D eigenvalue weighted by Gasteiger charge is 2.36. The van der Waals surface area contributed by atoms with E-state index in [-0.39, 0.29) is 35.0 Å². The van der Waals surface area contributed by atoms with Gasteiger partial charge in [0.2, 0.25) is 23.4 Å². The molecule has 0 bridgehead atoms. The van der Waals surface area contributed by atoms with E-state index in [0.717, 1.165) is 103 Å². The van der Waals surface area contributed by atoms with Gasteiger partial charge in [-0.15, -0.1) is 0 Å². The number of hydrogen-bond donors (Lipinski definition) is 4. The van der Waals surface area contributed by atoms with Crippen LogP contribution < -0.4 is 26.0 Å². The first-order valence-electron chi connectivity index (χ1n) is 29.0. The summed E-state index contributed by atoms with van der Waals surface area (Å²) in [6, 6.07) is 53.1. The second kappa shape index (κ2) is 30.5. The average Bonchev–Trinajstić information content (AvgIpc) is 3.49. The minimum Gasteiger partial charge on any atom is -0.457 e. The number of hydrogen-bond acceptors (Lipinski definition) is 7. The third-order valence-corrected chi connectivity index (χ3v) is 15.9. The Hall–Kier alpha value is -7.66. The van der Waals surface area contributed by atoms with E-state index in [4.69, 9.17) is 4.74 Å². The molecule has 11 nitrogen and oxygen atoms in total. The summed E-state index contributed by atoms with van der Waals surface area (Å²) in [7, 11) is 0. The van der Waals surface area contributed by atoms with Crippen molar-refractivity contribution in [2.75, 3.05) is 0 Å². The fraction of sp³-hybridized carbons (Fsp3) is 0.382. The third-order valence-electron chi connectivity index (χ3n) is 15.9. The summed E-state index contributed by atoms with van der Waals surface area (Å²) in [6.07, 6.45) is 16.8. The summed E-state index contributed by atoms with van der Waals surface area (Å²) in [5, 5.41) is 12.6. The minimum absolute atomic E-state index is 0.00427. The van der Waals surface area contributed by atoms with Gasteiger partial charge in [0.05, 0.1) is 11.8 Å². The number of aryl methyl sites for hydroxylation is 4. The molecule has 79 heavy (non-hydrogen) atoms. The first-order chi connectivity index (χ1) is 38.6. The lowest BCUT2D eigenvalue weighted by Gasteiger charge is -2.32. The number of nitrogens with one attached hydrogen (secondary N) is 4. The van der Waals surface area contributed by atoms with E-state index >= 15 is 0 Å². The first kappa shape index (κ1) is 57.5. The van der Waals surface area contributed by atoms with Crippen LogP contribution in [0.2, 0.25) is 0 Å². The summed E-state index contributed by atoms with van der Waals surface area (Å²) < 4.78 is 6.03. The van der Waals surface area contributed by atoms with Gasteiger partial charge >= 0.3 is 0 Å². The highest BCUT2D eigenvalue weighted by molar-refractivity contribution is 6.43. The lowest BCUT2D eigenvalue weighted by atomic mass is 9.83. The van der Waals surface area contributed by atoms with Crippen LogP contribution in [0.3, 0.4) is 0 Å². The zero-order chi connectivity index (χ0) is 55.0. The van der Waals surface area contributed by atoms with Crippen LogP contribution in [-0.2, 0) is 44.9 Å². The Morgan fingerprint density at radius 2 is 0.671 bits per heavy atom. The second-order valence-corrected chi connectivity index (χ2v) is 21.7. The Kier molecular flexibility index (Phi) is 22.2. The Balaban J connectivity index is 0.802. The molecule has 6 aromatic rings. The predicted molar refractivity (Wildman–Crippen MR) is 311 cm³/mol. The van der Waals surface area contributed by atoms with Crippen molar-refractivity contribution in [2.24, 2.45) is 11.8 Å². The van der Waals surface area contributed by atoms with Crippen LogP contribution >= 0.6 is 0 Å². The summed E-state index contributed by atoms with van der Waals surface area (Å²) in [5.41, 5.74) is 5.46. The lowest BCUT2D eigenvalue weighted by Crippen LogP contribution is -2.51. The van der Waals surface area contributed by atoms with Gasteiger partial charge in [-0.3, -0.25) is 28.8 Å². The molecule has 0 aliphatic heterocycles. The molecule has 0 radical (unpaired) electrons. The largest absolute Gasteiger partial charge is 0.457 e. The Labute approximate surface area is 467 Å². The van der Waals surface area contributed by atoms with Gasteiger partial charge in [-0.25, -0.2) is 0 Å². The molecule has 4 N–H and O–H groups in total. The molecule has 4 amide bonds. The zero-order valence-corrected chi connectivity index (χ0v) is 45.6. The summed E-state index contributed by atoms with van der Waals surface area (Å²) in [4.78, 5) is 82.0. The Morgan fingerprint density at radius 1 is 0.380 bits per heavy atom. The maximum Gasteiger partial charge on any atom is 0.292 e. The highest BCUT2D eigenvalue weighted by atomic mass is 16.5. The third kappa shape index (κ3) is 18.2. The Morgan fingerprint density at radius 3 is 0.975 bits per heavy atom. The molecule has 8 rings (SSSR count). The number of amides is 4. The SMILES string of the molecule is O=C(N[C@H]1CCCC[C@H]1C(=O)NC(CCCc1ccccc1)CCCc1ccccc1)C(=O)c1ccc(Oc2ccc(C(=O)C(=O)N[C@H]3CCCC[C@H]3C(=O)NC(CCCc3ccccc3)CCCc3ccccc3)cc2)cc1. The molecule has 2 aliphatic rings. The monoisotopic (exact) mass is 1060 g/mol. The molecule has 11 heteroatoms. The van der Waals surface area contributed by atoms with E-state index in [0.29, 0.717) is 37.2 Å². The topological polar surface area (TPSA) is 160 Å². The maximum atomic E-state index is 14.0. The predicted octanol–water partition coefficient (Wildman–Crippen LogP) is 12.3. The van der Waals surface area contributed by atoms with Gasteiger partial charge in [0.1, 0.15) is 11.5 Å². The van der Waals surface area contributed by atoms with Crippen LogP contribution in [0.5, 0.6) is 11.5 Å². The number of carbonyl (C=O) groups excluding carboxylic acids is 6. The van der Waals surface area contributed by atoms with Crippen molar-refractivity contribution in [2.45, 2.75) is 153 Å². The Bertz CT molecular complexity index is 2580. The number of benzene rings is 6. The van der Waals surface area contributed by atoms with Crippen molar-refractivity contribution in [1.29, 1.82) is 0 Å². The van der Waals surface area contributed by atoms with E-state index in [9.17, 15) is 28.8 Å². The summed E-state index contributed by atoms with van der Waals surface area (Å²) in [6.45, 7) is 0. The van der Waals surface area contributed by atoms with Crippen LogP contribution in [0.4, 0.5) is 0 Å². The fourth-order valence-corrected chi connectivity index (χ4v) is 11.4. The van der Waals surface area contributed by atoms with Gasteiger partial charge in [0, 0.05) is 35.3 Å². The van der Waals surface area contributed by atoms with Crippen molar-refractivity contribution in [3.05, 3.63) is 203 Å². The van der Waals surface area contributed by atoms with Gasteiger partial charge in [0.25, 0.3) is 11.8 Å². The van der Waals surface area contributed by atoms with E-state index < -0.39 is 47.3 Å². The fourth-order valence-electron chi connectivity index (χ4n) is 11.4. The standard InChI is InChI=1S/C68H78N4O7/c73-63(67(77)71-61-39-15-13-37-59(61)65(75)69-55(33-17-29-49-21-5-1-6-22-49)34-18-30-50-23-7-2-8-24-50)53-41-45-57(46-42-53)79-58-47-43-54(44-48-58)64(74)68(78)72-62-40-16-14-38-60(62)66(76)70-56(35-19-31-51-25-9-3-10-26-51)36-20-32-52-27-11-4-12-28-52/h1-12,21-28,41-48,55-56,59-62H,13-20,29-40H2,(H,69,75)(H,70,76)(H,71,77)(H,72,78)/t59-,60-,61+,62+/m1/s1. The molecule has 4 atom stereocenters. The number of carbonyl (C=O) groups is 6. The minimum atomic E-state index is -0.754. The van der Waals surface area contributed by atoms with Crippen molar-refractivity contribution in [1.82, 2.24) is 21.3 Å². The summed E-state index contributed by atoms with van der Waals surface area (Å²) >= 11 is 0. The van der Waals surface area contributed by atoms with Crippen LogP contribution in [0, 0.1) is 11.8 Å². The van der Waals surface area contributed by atoms with Crippen molar-refractivity contribution < 1.29 is 33.5 Å². The molecule has 0 saturated heterocycles. The maximum absolute atomic E-state index is 14.0. The van der Waals surface area contributed by atoms with Gasteiger partial charge in [0.15, 0.2) is 0 Å². The molecule has 6 aromatic carbocycles. The molecule has 0 aromatic heterocycles. The van der Waals surface area contributed by atoms with Gasteiger partial charge in [-0.05, 0) is 174 Å². The zero-order valence-electron chi connectivity index (χ0n) is 45.6. The van der Waals surface area contributed by atoms with Crippen LogP contribution in [0.15, 0.2) is 170 Å². The number of Topliss-reactive ketones (excluding diaryl/α,β-unsaturated/α-hetero) is 2. The number of ether oxygens (including phenoxy) is 1. The number of rotatable bonds is 28. The van der Waals surface area contributed by atoms with E-state index in [2.05, 4.69) is 69.8 Å². The van der Waals surface area contributed by atoms with Crippen molar-refractivity contribution >= 4 is 35.2 Å². The molecule has 2 aliphatic carbocycles. The molecule has 0 spiro atoms. The van der Waals surface area contributed by atoms with Crippen molar-refractivity contribution in [3.63, 3.8) is 0 Å². The molecule has 0 unspecified atom stereocenters. The van der Waals surface area contributed by atoms with Crippen LogP contribution in [0.25, 0.3) is 0 Å². The van der Waals surface area contributed by atoms with E-state index in [1.54, 1.807) is 24.3 Å². The number of ketones is 2. The normalized spacial score (nSPS) is 17.1. The second-order valence-electron chi connectivity index (χ2n) is 21.7. The first-order valence-corrected chi connectivity index (χ1v) is 29.0. The summed E-state index contributed by atoms with van der Waals surface area (Å²) in [5.74, 6) is -3.14. The quantitative estimate of drug-likeness (QED) is 0.0281. The average molecular weight is 1060 g/mol. The van der Waals surface area contributed by atoms with Gasteiger partial charge in [-0.1, -0.05) is 147 Å². The van der Waals surface area contributed by atoms with E-state index in [1.807, 2.05) is 72.8 Å². The highest BCUT2D eigenvalue weighted by Crippen LogP contribution is 2.29. The van der Waals surface area contributed by atoms with E-state index in [1.165, 1.54) is 46.5 Å². The molecule has 412 valence electrons.